The molecule has 0 aliphatic heterocycles. The molecule has 21 heavy (non-hydrogen) atoms. The van der Waals surface area contributed by atoms with Crippen molar-refractivity contribution in [3.05, 3.63) is 82.9 Å². The second-order valence-corrected chi connectivity index (χ2v) is 5.36. The van der Waals surface area contributed by atoms with Crippen LogP contribution >= 0.6 is 0 Å². The molecule has 0 fully saturated rings. The van der Waals surface area contributed by atoms with E-state index in [1.165, 1.54) is 11.1 Å². The summed E-state index contributed by atoms with van der Waals surface area (Å²) in [5.74, 6) is 0.0915. The number of fused-ring (bicyclic) bond motifs is 1. The van der Waals surface area contributed by atoms with Crippen LogP contribution in [0.3, 0.4) is 0 Å². The number of ketones is 1. The highest BCUT2D eigenvalue weighted by molar-refractivity contribution is 6.16. The molecule has 0 aliphatic carbocycles. The van der Waals surface area contributed by atoms with E-state index in [9.17, 15) is 4.79 Å². The molecule has 0 spiro atoms. The van der Waals surface area contributed by atoms with Gasteiger partial charge >= 0.3 is 0 Å². The van der Waals surface area contributed by atoms with E-state index in [1.54, 1.807) is 0 Å². The summed E-state index contributed by atoms with van der Waals surface area (Å²) >= 11 is 0. The van der Waals surface area contributed by atoms with Gasteiger partial charge in [-0.25, -0.2) is 0 Å². The Morgan fingerprint density at radius 1 is 0.857 bits per heavy atom. The summed E-state index contributed by atoms with van der Waals surface area (Å²) < 4.78 is 0. The maximum atomic E-state index is 12.8. The third-order valence-electron chi connectivity index (χ3n) is 4.01. The van der Waals surface area contributed by atoms with Crippen LogP contribution in [-0.4, -0.2) is 5.78 Å². The molecule has 0 atom stereocenters. The SMILES string of the molecule is CCc1ccc(C(=O)c2ccc(C)c3ccccc23)cc1. The quantitative estimate of drug-likeness (QED) is 0.618. The van der Waals surface area contributed by atoms with Crippen molar-refractivity contribution < 1.29 is 4.79 Å². The molecule has 104 valence electrons. The van der Waals surface area contributed by atoms with E-state index in [2.05, 4.69) is 19.9 Å². The molecule has 0 saturated heterocycles. The van der Waals surface area contributed by atoms with Gasteiger partial charge in [-0.15, -0.1) is 0 Å². The normalized spacial score (nSPS) is 10.8. The Kier molecular flexibility index (Phi) is 3.57. The number of hydrogen-bond donors (Lipinski definition) is 0. The topological polar surface area (TPSA) is 17.1 Å². The van der Waals surface area contributed by atoms with Crippen LogP contribution in [0.4, 0.5) is 0 Å². The minimum atomic E-state index is 0.0915. The predicted octanol–water partition coefficient (Wildman–Crippen LogP) is 4.94. The van der Waals surface area contributed by atoms with Crippen molar-refractivity contribution in [2.45, 2.75) is 20.3 Å². The molecule has 0 bridgehead atoms. The summed E-state index contributed by atoms with van der Waals surface area (Å²) in [6.45, 7) is 4.19. The predicted molar refractivity (Wildman–Crippen MR) is 87.9 cm³/mol. The maximum absolute atomic E-state index is 12.8. The lowest BCUT2D eigenvalue weighted by atomic mass is 9.94. The van der Waals surface area contributed by atoms with E-state index in [-0.39, 0.29) is 5.78 Å². The third-order valence-corrected chi connectivity index (χ3v) is 4.01. The van der Waals surface area contributed by atoms with Crippen molar-refractivity contribution in [2.24, 2.45) is 0 Å². The molecule has 0 unspecified atom stereocenters. The van der Waals surface area contributed by atoms with Crippen LogP contribution in [0.2, 0.25) is 0 Å². The molecule has 0 aromatic heterocycles. The van der Waals surface area contributed by atoms with E-state index in [0.29, 0.717) is 0 Å². The smallest absolute Gasteiger partial charge is 0.193 e. The van der Waals surface area contributed by atoms with Crippen molar-refractivity contribution in [3.8, 4) is 0 Å². The standard InChI is InChI=1S/C20H18O/c1-3-15-9-11-16(12-10-15)20(21)19-13-8-14(2)17-6-4-5-7-18(17)19/h4-13H,3H2,1-2H3. The van der Waals surface area contributed by atoms with Gasteiger partial charge in [0.05, 0.1) is 0 Å². The number of carbonyl (C=O) groups is 1. The highest BCUT2D eigenvalue weighted by Crippen LogP contribution is 2.24. The van der Waals surface area contributed by atoms with Crippen molar-refractivity contribution in [2.75, 3.05) is 0 Å². The summed E-state index contributed by atoms with van der Waals surface area (Å²) in [4.78, 5) is 12.8. The molecule has 0 N–H and O–H groups in total. The number of rotatable bonds is 3. The maximum Gasteiger partial charge on any atom is 0.193 e. The van der Waals surface area contributed by atoms with Gasteiger partial charge in [-0.1, -0.05) is 67.6 Å². The van der Waals surface area contributed by atoms with Gasteiger partial charge in [-0.3, -0.25) is 4.79 Å². The second kappa shape index (κ2) is 5.53. The molecule has 3 rings (SSSR count). The van der Waals surface area contributed by atoms with E-state index >= 15 is 0 Å². The van der Waals surface area contributed by atoms with Crippen molar-refractivity contribution in [1.29, 1.82) is 0 Å². The monoisotopic (exact) mass is 274 g/mol. The molecular weight excluding hydrogens is 256 g/mol. The Bertz CT molecular complexity index is 798. The first kappa shape index (κ1) is 13.6. The number of hydrogen-bond acceptors (Lipinski definition) is 1. The highest BCUT2D eigenvalue weighted by atomic mass is 16.1. The molecule has 3 aromatic rings. The van der Waals surface area contributed by atoms with Gasteiger partial charge in [0.1, 0.15) is 0 Å². The summed E-state index contributed by atoms with van der Waals surface area (Å²) in [5, 5.41) is 2.18. The fraction of sp³-hybridized carbons (Fsp3) is 0.150. The summed E-state index contributed by atoms with van der Waals surface area (Å²) in [6.07, 6.45) is 0.988. The molecule has 1 nitrogen and oxygen atoms in total. The third kappa shape index (κ3) is 2.47. The largest absolute Gasteiger partial charge is 0.289 e. The molecular formula is C20H18O. The number of aryl methyl sites for hydroxylation is 2. The van der Waals surface area contributed by atoms with Gasteiger partial charge in [0.15, 0.2) is 5.78 Å². The lowest BCUT2D eigenvalue weighted by Crippen LogP contribution is -2.02. The van der Waals surface area contributed by atoms with Gasteiger partial charge < -0.3 is 0 Å². The summed E-state index contributed by atoms with van der Waals surface area (Å²) in [7, 11) is 0. The first-order chi connectivity index (χ1) is 10.2. The molecule has 0 aliphatic rings. The van der Waals surface area contributed by atoms with Crippen LogP contribution in [0, 0.1) is 6.92 Å². The van der Waals surface area contributed by atoms with Gasteiger partial charge in [-0.05, 0) is 35.2 Å². The van der Waals surface area contributed by atoms with Crippen LogP contribution < -0.4 is 0 Å². The van der Waals surface area contributed by atoms with E-state index in [4.69, 9.17) is 0 Å². The van der Waals surface area contributed by atoms with Gasteiger partial charge in [0.25, 0.3) is 0 Å². The molecule has 0 saturated carbocycles. The van der Waals surface area contributed by atoms with Crippen LogP contribution in [0.1, 0.15) is 34.0 Å². The Balaban J connectivity index is 2.11. The zero-order valence-corrected chi connectivity index (χ0v) is 12.4. The summed E-state index contributed by atoms with van der Waals surface area (Å²) in [5.41, 5.74) is 3.98. The average Bonchev–Trinajstić information content (AvgIpc) is 2.55. The second-order valence-electron chi connectivity index (χ2n) is 5.36. The summed E-state index contributed by atoms with van der Waals surface area (Å²) in [6, 6.07) is 20.0. The van der Waals surface area contributed by atoms with Crippen LogP contribution in [-0.2, 0) is 6.42 Å². The minimum absolute atomic E-state index is 0.0915. The fourth-order valence-corrected chi connectivity index (χ4v) is 2.70. The average molecular weight is 274 g/mol. The number of benzene rings is 3. The lowest BCUT2D eigenvalue weighted by molar-refractivity contribution is 0.104. The molecule has 3 aromatic carbocycles. The van der Waals surface area contributed by atoms with Gasteiger partial charge in [-0.2, -0.15) is 0 Å². The fourth-order valence-electron chi connectivity index (χ4n) is 2.70. The van der Waals surface area contributed by atoms with Crippen LogP contribution in [0.25, 0.3) is 10.8 Å². The lowest BCUT2D eigenvalue weighted by Gasteiger charge is -2.08. The van der Waals surface area contributed by atoms with Gasteiger partial charge in [0, 0.05) is 11.1 Å². The first-order valence-electron chi connectivity index (χ1n) is 7.32. The highest BCUT2D eigenvalue weighted by Gasteiger charge is 2.13. The van der Waals surface area contributed by atoms with Crippen molar-refractivity contribution in [1.82, 2.24) is 0 Å². The van der Waals surface area contributed by atoms with Crippen molar-refractivity contribution >= 4 is 16.6 Å². The Hall–Kier alpha value is -2.41. The van der Waals surface area contributed by atoms with E-state index in [0.717, 1.165) is 28.3 Å². The Morgan fingerprint density at radius 3 is 2.19 bits per heavy atom. The van der Waals surface area contributed by atoms with Gasteiger partial charge in [0.2, 0.25) is 0 Å². The van der Waals surface area contributed by atoms with Crippen LogP contribution in [0.15, 0.2) is 60.7 Å². The molecule has 0 heterocycles. The van der Waals surface area contributed by atoms with E-state index < -0.39 is 0 Å². The first-order valence-corrected chi connectivity index (χ1v) is 7.32. The zero-order chi connectivity index (χ0) is 14.8. The zero-order valence-electron chi connectivity index (χ0n) is 12.4. The van der Waals surface area contributed by atoms with Crippen molar-refractivity contribution in [3.63, 3.8) is 0 Å². The van der Waals surface area contributed by atoms with E-state index in [1.807, 2.05) is 54.6 Å². The Labute approximate surface area is 125 Å². The Morgan fingerprint density at radius 2 is 1.52 bits per heavy atom. The number of carbonyl (C=O) groups excluding carboxylic acids is 1. The minimum Gasteiger partial charge on any atom is -0.289 e. The molecule has 0 radical (unpaired) electrons. The molecule has 1 heteroatoms. The van der Waals surface area contributed by atoms with Crippen LogP contribution in [0.5, 0.6) is 0 Å². The molecule has 0 amide bonds.